The summed E-state index contributed by atoms with van der Waals surface area (Å²) in [6.07, 6.45) is 2.75. The molecule has 3 heterocycles. The third-order valence-electron chi connectivity index (χ3n) is 5.25. The highest BCUT2D eigenvalue weighted by Gasteiger charge is 2.22. The van der Waals surface area contributed by atoms with Crippen LogP contribution in [-0.4, -0.2) is 60.9 Å². The van der Waals surface area contributed by atoms with E-state index in [1.54, 1.807) is 12.1 Å². The number of amides is 2. The Morgan fingerprint density at radius 2 is 1.96 bits per heavy atom. The molecular formula is C21H25N3O4. The van der Waals surface area contributed by atoms with Crippen molar-refractivity contribution in [1.82, 2.24) is 15.1 Å². The summed E-state index contributed by atoms with van der Waals surface area (Å²) >= 11 is 0. The van der Waals surface area contributed by atoms with Gasteiger partial charge in [-0.3, -0.25) is 14.5 Å². The number of fused-ring (bicyclic) bond motifs is 1. The molecule has 2 amide bonds. The molecule has 1 N–H and O–H groups in total. The van der Waals surface area contributed by atoms with Gasteiger partial charge in [0.25, 0.3) is 5.91 Å². The van der Waals surface area contributed by atoms with Crippen molar-refractivity contribution >= 4 is 11.8 Å². The standard InChI is InChI=1S/C21H25N3O4/c25-20(5-7-22-21(26)19-2-1-12-27-19)24-10-8-23(9-11-24)15-16-3-4-18-17(14-16)6-13-28-18/h1-4,12,14H,5-11,13,15H2,(H,22,26). The fraction of sp³-hybridized carbons (Fsp3) is 0.429. The summed E-state index contributed by atoms with van der Waals surface area (Å²) in [5, 5.41) is 2.72. The summed E-state index contributed by atoms with van der Waals surface area (Å²) < 4.78 is 10.6. The van der Waals surface area contributed by atoms with Crippen molar-refractivity contribution in [3.05, 3.63) is 53.5 Å². The van der Waals surface area contributed by atoms with Crippen molar-refractivity contribution in [2.45, 2.75) is 19.4 Å². The van der Waals surface area contributed by atoms with E-state index in [0.717, 1.165) is 51.5 Å². The van der Waals surface area contributed by atoms with Gasteiger partial charge in [0.2, 0.25) is 5.91 Å². The Morgan fingerprint density at radius 3 is 2.75 bits per heavy atom. The van der Waals surface area contributed by atoms with Gasteiger partial charge >= 0.3 is 0 Å². The first-order valence-electron chi connectivity index (χ1n) is 9.75. The fourth-order valence-corrected chi connectivity index (χ4v) is 3.69. The van der Waals surface area contributed by atoms with E-state index in [4.69, 9.17) is 9.15 Å². The third kappa shape index (κ3) is 4.36. The van der Waals surface area contributed by atoms with Crippen LogP contribution in [-0.2, 0) is 17.8 Å². The molecule has 2 aliphatic heterocycles. The minimum absolute atomic E-state index is 0.0778. The summed E-state index contributed by atoms with van der Waals surface area (Å²) in [5.74, 6) is 1.06. The molecule has 0 saturated carbocycles. The lowest BCUT2D eigenvalue weighted by atomic mass is 10.1. The number of rotatable bonds is 6. The molecule has 28 heavy (non-hydrogen) atoms. The summed E-state index contributed by atoms with van der Waals surface area (Å²) in [4.78, 5) is 28.4. The van der Waals surface area contributed by atoms with E-state index in [1.165, 1.54) is 17.4 Å². The number of nitrogens with zero attached hydrogens (tertiary/aromatic N) is 2. The Labute approximate surface area is 164 Å². The fourth-order valence-electron chi connectivity index (χ4n) is 3.69. The molecule has 1 saturated heterocycles. The van der Waals surface area contributed by atoms with E-state index in [9.17, 15) is 9.59 Å². The molecule has 0 bridgehead atoms. The lowest BCUT2D eigenvalue weighted by molar-refractivity contribution is -0.132. The van der Waals surface area contributed by atoms with Gasteiger partial charge in [0, 0.05) is 52.1 Å². The SMILES string of the molecule is O=C(NCCC(=O)N1CCN(Cc2ccc3c(c2)CCO3)CC1)c1ccco1. The number of piperazine rings is 1. The number of carbonyl (C=O) groups excluding carboxylic acids is 2. The predicted molar refractivity (Wildman–Crippen MR) is 103 cm³/mol. The normalized spacial score (nSPS) is 16.5. The maximum atomic E-state index is 12.4. The molecule has 2 aromatic rings. The van der Waals surface area contributed by atoms with Gasteiger partial charge in [-0.25, -0.2) is 0 Å². The van der Waals surface area contributed by atoms with Gasteiger partial charge in [-0.15, -0.1) is 0 Å². The number of ether oxygens (including phenoxy) is 1. The number of carbonyl (C=O) groups is 2. The Hall–Kier alpha value is -2.80. The van der Waals surface area contributed by atoms with Gasteiger partial charge in [0.1, 0.15) is 5.75 Å². The zero-order valence-corrected chi connectivity index (χ0v) is 15.9. The lowest BCUT2D eigenvalue weighted by Gasteiger charge is -2.35. The number of furan rings is 1. The van der Waals surface area contributed by atoms with Crippen LogP contribution >= 0.6 is 0 Å². The molecule has 0 unspecified atom stereocenters. The molecule has 0 aliphatic carbocycles. The number of hydrogen-bond acceptors (Lipinski definition) is 5. The molecule has 1 aromatic heterocycles. The van der Waals surface area contributed by atoms with E-state index >= 15 is 0 Å². The van der Waals surface area contributed by atoms with E-state index in [1.807, 2.05) is 4.90 Å². The third-order valence-corrected chi connectivity index (χ3v) is 5.25. The summed E-state index contributed by atoms with van der Waals surface area (Å²) in [6.45, 7) is 5.15. The monoisotopic (exact) mass is 383 g/mol. The molecule has 7 heteroatoms. The van der Waals surface area contributed by atoms with Crippen molar-refractivity contribution < 1.29 is 18.7 Å². The highest BCUT2D eigenvalue weighted by molar-refractivity contribution is 5.91. The average Bonchev–Trinajstić information content (AvgIpc) is 3.40. The van der Waals surface area contributed by atoms with Crippen LogP contribution in [0.2, 0.25) is 0 Å². The maximum absolute atomic E-state index is 12.4. The van der Waals surface area contributed by atoms with Crippen LogP contribution in [0.1, 0.15) is 28.1 Å². The molecule has 148 valence electrons. The average molecular weight is 383 g/mol. The van der Waals surface area contributed by atoms with E-state index in [2.05, 4.69) is 28.4 Å². The number of hydrogen-bond donors (Lipinski definition) is 1. The Bertz CT molecular complexity index is 826. The van der Waals surface area contributed by atoms with Crippen LogP contribution in [0.4, 0.5) is 0 Å². The van der Waals surface area contributed by atoms with Crippen LogP contribution < -0.4 is 10.1 Å². The minimum atomic E-state index is -0.289. The molecule has 7 nitrogen and oxygen atoms in total. The first-order valence-corrected chi connectivity index (χ1v) is 9.75. The highest BCUT2D eigenvalue weighted by atomic mass is 16.5. The van der Waals surface area contributed by atoms with Crippen LogP contribution in [0.5, 0.6) is 5.75 Å². The first kappa shape index (κ1) is 18.6. The van der Waals surface area contributed by atoms with Gasteiger partial charge in [0.05, 0.1) is 12.9 Å². The van der Waals surface area contributed by atoms with E-state index in [0.29, 0.717) is 13.0 Å². The van der Waals surface area contributed by atoms with Crippen molar-refractivity contribution in [1.29, 1.82) is 0 Å². The molecular weight excluding hydrogens is 358 g/mol. The van der Waals surface area contributed by atoms with E-state index in [-0.39, 0.29) is 17.6 Å². The van der Waals surface area contributed by atoms with Gasteiger partial charge in [-0.05, 0) is 29.3 Å². The second-order valence-corrected chi connectivity index (χ2v) is 7.18. The Kier molecular flexibility index (Phi) is 5.62. The van der Waals surface area contributed by atoms with Crippen molar-refractivity contribution in [3.8, 4) is 5.75 Å². The molecule has 4 rings (SSSR count). The zero-order chi connectivity index (χ0) is 19.3. The Morgan fingerprint density at radius 1 is 1.11 bits per heavy atom. The second kappa shape index (κ2) is 8.48. The summed E-state index contributed by atoms with van der Waals surface area (Å²) in [5.41, 5.74) is 2.59. The second-order valence-electron chi connectivity index (χ2n) is 7.18. The van der Waals surface area contributed by atoms with Crippen LogP contribution in [0, 0.1) is 0 Å². The van der Waals surface area contributed by atoms with Gasteiger partial charge < -0.3 is 19.4 Å². The minimum Gasteiger partial charge on any atom is -0.493 e. The van der Waals surface area contributed by atoms with Crippen molar-refractivity contribution in [2.75, 3.05) is 39.3 Å². The van der Waals surface area contributed by atoms with Crippen LogP contribution in [0.25, 0.3) is 0 Å². The Balaban J connectivity index is 1.18. The number of benzene rings is 1. The first-order chi connectivity index (χ1) is 13.7. The van der Waals surface area contributed by atoms with E-state index < -0.39 is 0 Å². The number of nitrogens with one attached hydrogen (secondary N) is 1. The largest absolute Gasteiger partial charge is 0.493 e. The highest BCUT2D eigenvalue weighted by Crippen LogP contribution is 2.26. The predicted octanol–water partition coefficient (Wildman–Crippen LogP) is 1.68. The van der Waals surface area contributed by atoms with Crippen molar-refractivity contribution in [3.63, 3.8) is 0 Å². The van der Waals surface area contributed by atoms with Crippen molar-refractivity contribution in [2.24, 2.45) is 0 Å². The van der Waals surface area contributed by atoms with Gasteiger partial charge in [-0.2, -0.15) is 0 Å². The molecule has 0 atom stereocenters. The molecule has 0 radical (unpaired) electrons. The quantitative estimate of drug-likeness (QED) is 0.822. The molecule has 1 aromatic carbocycles. The van der Waals surface area contributed by atoms with Crippen LogP contribution in [0.15, 0.2) is 41.0 Å². The zero-order valence-electron chi connectivity index (χ0n) is 15.9. The molecule has 0 spiro atoms. The van der Waals surface area contributed by atoms with Gasteiger partial charge in [0.15, 0.2) is 5.76 Å². The lowest BCUT2D eigenvalue weighted by Crippen LogP contribution is -2.48. The smallest absolute Gasteiger partial charge is 0.286 e. The van der Waals surface area contributed by atoms with Crippen LogP contribution in [0.3, 0.4) is 0 Å². The maximum Gasteiger partial charge on any atom is 0.286 e. The van der Waals surface area contributed by atoms with Gasteiger partial charge in [-0.1, -0.05) is 12.1 Å². The topological polar surface area (TPSA) is 75.0 Å². The molecule has 1 fully saturated rings. The molecule has 2 aliphatic rings. The summed E-state index contributed by atoms with van der Waals surface area (Å²) in [6, 6.07) is 9.69. The summed E-state index contributed by atoms with van der Waals surface area (Å²) in [7, 11) is 0.